The van der Waals surface area contributed by atoms with Gasteiger partial charge in [-0.2, -0.15) is 0 Å². The van der Waals surface area contributed by atoms with Gasteiger partial charge in [-0.15, -0.1) is 0 Å². The molecule has 0 aliphatic rings. The molecule has 3 atom stereocenters. The van der Waals surface area contributed by atoms with Crippen LogP contribution < -0.4 is 5.32 Å². The number of rotatable bonds is 6. The minimum Gasteiger partial charge on any atom is -0.479 e. The second kappa shape index (κ2) is 7.15. The lowest BCUT2D eigenvalue weighted by Gasteiger charge is -2.26. The Hall–Kier alpha value is -2.24. The molecular formula is C17H18FNO3. The number of carbonyl (C=O) groups is 1. The lowest BCUT2D eigenvalue weighted by atomic mass is 9.98. The van der Waals surface area contributed by atoms with Gasteiger partial charge in [-0.3, -0.25) is 0 Å². The van der Waals surface area contributed by atoms with Gasteiger partial charge in [0.1, 0.15) is 5.82 Å². The summed E-state index contributed by atoms with van der Waals surface area (Å²) >= 11 is 0. The molecule has 0 aromatic heterocycles. The van der Waals surface area contributed by atoms with E-state index < -0.39 is 23.9 Å². The molecule has 0 saturated carbocycles. The molecule has 0 heterocycles. The van der Waals surface area contributed by atoms with Crippen molar-refractivity contribution in [1.82, 2.24) is 5.32 Å². The minimum absolute atomic E-state index is 0.176. The number of aliphatic hydroxyl groups is 1. The van der Waals surface area contributed by atoms with Gasteiger partial charge in [0.15, 0.2) is 6.10 Å². The van der Waals surface area contributed by atoms with Crippen LogP contribution in [0.1, 0.15) is 30.1 Å². The number of hydrogen-bond acceptors (Lipinski definition) is 3. The van der Waals surface area contributed by atoms with Crippen molar-refractivity contribution in [1.29, 1.82) is 0 Å². The van der Waals surface area contributed by atoms with Crippen molar-refractivity contribution in [3.63, 3.8) is 0 Å². The normalized spacial score (nSPS) is 15.0. The highest BCUT2D eigenvalue weighted by Crippen LogP contribution is 2.23. The highest BCUT2D eigenvalue weighted by atomic mass is 19.1. The average Bonchev–Trinajstić information content (AvgIpc) is 2.53. The predicted octanol–water partition coefficient (Wildman–Crippen LogP) is 2.66. The maximum absolute atomic E-state index is 13.0. The Labute approximate surface area is 128 Å². The zero-order valence-electron chi connectivity index (χ0n) is 12.1. The third-order valence-electron chi connectivity index (χ3n) is 3.53. The highest BCUT2D eigenvalue weighted by molar-refractivity contribution is 5.73. The predicted molar refractivity (Wildman–Crippen MR) is 80.8 cm³/mol. The molecule has 116 valence electrons. The molecule has 4 nitrogen and oxygen atoms in total. The van der Waals surface area contributed by atoms with Crippen LogP contribution in [0.15, 0.2) is 54.6 Å². The molecule has 0 aliphatic heterocycles. The van der Waals surface area contributed by atoms with Gasteiger partial charge in [-0.25, -0.2) is 9.18 Å². The number of carboxylic acids is 1. The molecule has 5 heteroatoms. The summed E-state index contributed by atoms with van der Waals surface area (Å²) in [6.07, 6.45) is -1.63. The Kier molecular flexibility index (Phi) is 5.25. The van der Waals surface area contributed by atoms with Gasteiger partial charge in [0.2, 0.25) is 0 Å². The monoisotopic (exact) mass is 303 g/mol. The van der Waals surface area contributed by atoms with Crippen molar-refractivity contribution < 1.29 is 19.4 Å². The van der Waals surface area contributed by atoms with Crippen LogP contribution in [0.4, 0.5) is 4.39 Å². The highest BCUT2D eigenvalue weighted by Gasteiger charge is 2.28. The van der Waals surface area contributed by atoms with Crippen LogP contribution in [0.5, 0.6) is 0 Å². The van der Waals surface area contributed by atoms with Crippen LogP contribution >= 0.6 is 0 Å². The summed E-state index contributed by atoms with van der Waals surface area (Å²) in [5, 5.41) is 22.1. The van der Waals surface area contributed by atoms with Crippen LogP contribution in [0.2, 0.25) is 0 Å². The third kappa shape index (κ3) is 3.90. The summed E-state index contributed by atoms with van der Waals surface area (Å²) in [4.78, 5) is 11.1. The molecule has 0 bridgehead atoms. The van der Waals surface area contributed by atoms with E-state index in [9.17, 15) is 14.3 Å². The fourth-order valence-corrected chi connectivity index (χ4v) is 2.29. The van der Waals surface area contributed by atoms with E-state index in [2.05, 4.69) is 5.32 Å². The Morgan fingerprint density at radius 3 is 2.18 bits per heavy atom. The quantitative estimate of drug-likeness (QED) is 0.767. The summed E-state index contributed by atoms with van der Waals surface area (Å²) in [5.74, 6) is -1.74. The number of nitrogens with one attached hydrogen (secondary N) is 1. The van der Waals surface area contributed by atoms with E-state index in [1.165, 1.54) is 24.3 Å². The summed E-state index contributed by atoms with van der Waals surface area (Å²) in [6, 6.07) is 13.9. The van der Waals surface area contributed by atoms with Crippen LogP contribution in [-0.4, -0.2) is 22.3 Å². The fraction of sp³-hybridized carbons (Fsp3) is 0.235. The zero-order valence-corrected chi connectivity index (χ0v) is 12.1. The Balaban J connectivity index is 2.25. The van der Waals surface area contributed by atoms with Gasteiger partial charge >= 0.3 is 5.97 Å². The zero-order chi connectivity index (χ0) is 16.1. The SMILES string of the molecule is C[C@H](N[C@@H](c1ccc(F)cc1)[C@@H](O)C(=O)O)c1ccccc1. The molecule has 0 amide bonds. The molecule has 2 rings (SSSR count). The maximum atomic E-state index is 13.0. The van der Waals surface area contributed by atoms with Gasteiger partial charge in [0.05, 0.1) is 6.04 Å². The Morgan fingerprint density at radius 2 is 1.64 bits per heavy atom. The smallest absolute Gasteiger partial charge is 0.334 e. The van der Waals surface area contributed by atoms with Crippen molar-refractivity contribution in [2.45, 2.75) is 25.1 Å². The van der Waals surface area contributed by atoms with Crippen LogP contribution in [0.3, 0.4) is 0 Å². The maximum Gasteiger partial charge on any atom is 0.334 e. The molecule has 0 fully saturated rings. The van der Waals surface area contributed by atoms with E-state index in [4.69, 9.17) is 5.11 Å². The Morgan fingerprint density at radius 1 is 1.05 bits per heavy atom. The van der Waals surface area contributed by atoms with Gasteiger partial charge in [0, 0.05) is 6.04 Å². The van der Waals surface area contributed by atoms with Crippen molar-refractivity contribution in [2.75, 3.05) is 0 Å². The number of aliphatic hydroxyl groups excluding tert-OH is 1. The molecule has 3 N–H and O–H groups in total. The molecule has 2 aromatic rings. The topological polar surface area (TPSA) is 69.6 Å². The molecule has 0 aliphatic carbocycles. The number of halogens is 1. The van der Waals surface area contributed by atoms with E-state index in [0.717, 1.165) is 5.56 Å². The summed E-state index contributed by atoms with van der Waals surface area (Å²) < 4.78 is 13.0. The first-order valence-corrected chi connectivity index (χ1v) is 6.96. The molecule has 0 unspecified atom stereocenters. The fourth-order valence-electron chi connectivity index (χ4n) is 2.29. The second-order valence-electron chi connectivity index (χ2n) is 5.11. The first kappa shape index (κ1) is 16.1. The molecule has 2 aromatic carbocycles. The summed E-state index contributed by atoms with van der Waals surface area (Å²) in [6.45, 7) is 1.88. The van der Waals surface area contributed by atoms with E-state index >= 15 is 0 Å². The number of benzene rings is 2. The molecule has 0 saturated heterocycles. The number of carboxylic acid groups (broad SMARTS) is 1. The van der Waals surface area contributed by atoms with Crippen molar-refractivity contribution in [3.8, 4) is 0 Å². The largest absolute Gasteiger partial charge is 0.479 e. The first-order valence-electron chi connectivity index (χ1n) is 6.96. The van der Waals surface area contributed by atoms with Gasteiger partial charge in [0.25, 0.3) is 0 Å². The minimum atomic E-state index is -1.63. The third-order valence-corrected chi connectivity index (χ3v) is 3.53. The average molecular weight is 303 g/mol. The lowest BCUT2D eigenvalue weighted by molar-refractivity contribution is -0.148. The van der Waals surface area contributed by atoms with Gasteiger partial charge in [-0.1, -0.05) is 42.5 Å². The Bertz CT molecular complexity index is 616. The van der Waals surface area contributed by atoms with Crippen LogP contribution in [0, 0.1) is 5.82 Å². The van der Waals surface area contributed by atoms with Crippen LogP contribution in [-0.2, 0) is 4.79 Å². The van der Waals surface area contributed by atoms with Crippen molar-refractivity contribution >= 4 is 5.97 Å². The molecule has 0 spiro atoms. The second-order valence-corrected chi connectivity index (χ2v) is 5.11. The van der Waals surface area contributed by atoms with Gasteiger partial charge in [-0.05, 0) is 30.2 Å². The number of hydrogen-bond donors (Lipinski definition) is 3. The molecule has 0 radical (unpaired) electrons. The van der Waals surface area contributed by atoms with E-state index in [0.29, 0.717) is 5.56 Å². The van der Waals surface area contributed by atoms with Gasteiger partial charge < -0.3 is 15.5 Å². The summed E-state index contributed by atoms with van der Waals surface area (Å²) in [7, 11) is 0. The van der Waals surface area contributed by atoms with E-state index in [1.54, 1.807) is 0 Å². The van der Waals surface area contributed by atoms with Crippen molar-refractivity contribution in [2.24, 2.45) is 0 Å². The van der Waals surface area contributed by atoms with Crippen molar-refractivity contribution in [3.05, 3.63) is 71.5 Å². The standard InChI is InChI=1S/C17H18FNO3/c1-11(12-5-3-2-4-6-12)19-15(16(20)17(21)22)13-7-9-14(18)10-8-13/h2-11,15-16,19-20H,1H3,(H,21,22)/t11-,15-,16+/m0/s1. The van der Waals surface area contributed by atoms with Crippen LogP contribution in [0.25, 0.3) is 0 Å². The molecule has 22 heavy (non-hydrogen) atoms. The first-order chi connectivity index (χ1) is 10.5. The lowest BCUT2D eigenvalue weighted by Crippen LogP contribution is -2.38. The molecular weight excluding hydrogens is 285 g/mol. The van der Waals surface area contributed by atoms with E-state index in [1.807, 2.05) is 37.3 Å². The summed E-state index contributed by atoms with van der Waals surface area (Å²) in [5.41, 5.74) is 1.48. The van der Waals surface area contributed by atoms with E-state index in [-0.39, 0.29) is 6.04 Å². The number of aliphatic carboxylic acids is 1.